The van der Waals surface area contributed by atoms with Crippen molar-refractivity contribution in [3.05, 3.63) is 36.2 Å². The molecule has 13 heavy (non-hydrogen) atoms. The van der Waals surface area contributed by atoms with Gasteiger partial charge >= 0.3 is 0 Å². The van der Waals surface area contributed by atoms with Crippen molar-refractivity contribution in [2.24, 2.45) is 0 Å². The van der Waals surface area contributed by atoms with E-state index in [1.165, 1.54) is 0 Å². The van der Waals surface area contributed by atoms with Crippen LogP contribution in [-0.4, -0.2) is 17.1 Å². The normalized spacial score (nSPS) is 20.8. The van der Waals surface area contributed by atoms with Crippen LogP contribution in [0.5, 0.6) is 0 Å². The van der Waals surface area contributed by atoms with Crippen molar-refractivity contribution in [2.75, 3.05) is 5.32 Å². The van der Waals surface area contributed by atoms with E-state index in [4.69, 9.17) is 6.92 Å². The van der Waals surface area contributed by atoms with Gasteiger partial charge in [-0.1, -0.05) is 12.1 Å². The minimum atomic E-state index is -0.975. The summed E-state index contributed by atoms with van der Waals surface area (Å²) in [6.45, 7) is 5.69. The Morgan fingerprint density at radius 3 is 3.08 bits per heavy atom. The van der Waals surface area contributed by atoms with Crippen molar-refractivity contribution in [1.82, 2.24) is 0 Å². The van der Waals surface area contributed by atoms with Gasteiger partial charge in [0, 0.05) is 12.1 Å². The molecule has 0 aliphatic carbocycles. The molecule has 1 unspecified atom stereocenters. The highest BCUT2D eigenvalue weighted by molar-refractivity contribution is 5.97. The number of nitrogens with one attached hydrogen (secondary N) is 1. The summed E-state index contributed by atoms with van der Waals surface area (Å²) in [4.78, 5) is 11.1. The van der Waals surface area contributed by atoms with Crippen LogP contribution in [0.4, 0.5) is 5.69 Å². The number of hydrogen-bond donors (Lipinski definition) is 2. The van der Waals surface area contributed by atoms with E-state index >= 15 is 0 Å². The molecule has 0 bridgehead atoms. The zero-order valence-corrected chi connectivity index (χ0v) is 6.95. The van der Waals surface area contributed by atoms with E-state index in [2.05, 4.69) is 5.32 Å². The Balaban J connectivity index is 2.48. The second-order valence-electron chi connectivity index (χ2n) is 3.08. The molecule has 0 saturated heterocycles. The number of carbonyl (C=O) groups excluding carboxylic acids is 1. The number of fused-ring (bicyclic) bond motifs is 1. The van der Waals surface area contributed by atoms with Gasteiger partial charge in [0.1, 0.15) is 6.10 Å². The summed E-state index contributed by atoms with van der Waals surface area (Å²) in [5.41, 5.74) is 2.13. The van der Waals surface area contributed by atoms with Crippen molar-refractivity contribution >= 4 is 11.6 Å². The van der Waals surface area contributed by atoms with Crippen LogP contribution in [0.2, 0.25) is 0 Å². The highest BCUT2D eigenvalue weighted by Crippen LogP contribution is 2.25. The van der Waals surface area contributed by atoms with Gasteiger partial charge in [-0.05, 0) is 24.1 Å². The van der Waals surface area contributed by atoms with Crippen LogP contribution >= 0.6 is 0 Å². The lowest BCUT2D eigenvalue weighted by Gasteiger charge is -2.22. The molecule has 2 radical (unpaired) electrons. The monoisotopic (exact) mass is 175 g/mol. The van der Waals surface area contributed by atoms with Crippen LogP contribution in [0, 0.1) is 6.92 Å². The molecule has 1 aliphatic heterocycles. The molecule has 1 aromatic rings. The van der Waals surface area contributed by atoms with Gasteiger partial charge in [-0.15, -0.1) is 0 Å². The number of carbonyl (C=O) groups is 1. The summed E-state index contributed by atoms with van der Waals surface area (Å²) in [5, 5.41) is 11.9. The maximum Gasteiger partial charge on any atom is 0.253 e. The van der Waals surface area contributed by atoms with E-state index in [-0.39, 0.29) is 5.91 Å². The van der Waals surface area contributed by atoms with E-state index in [0.29, 0.717) is 17.7 Å². The van der Waals surface area contributed by atoms with Crippen molar-refractivity contribution in [1.29, 1.82) is 0 Å². The Labute approximate surface area is 76.4 Å². The van der Waals surface area contributed by atoms with Crippen LogP contribution in [0.15, 0.2) is 18.2 Å². The van der Waals surface area contributed by atoms with Crippen molar-refractivity contribution in [3.8, 4) is 0 Å². The van der Waals surface area contributed by atoms with Crippen LogP contribution in [0.3, 0.4) is 0 Å². The molecular weight excluding hydrogens is 166 g/mol. The fraction of sp³-hybridized carbons (Fsp3) is 0.200. The lowest BCUT2D eigenvalue weighted by Crippen LogP contribution is -2.34. The van der Waals surface area contributed by atoms with Gasteiger partial charge in [0.25, 0.3) is 5.91 Å². The second-order valence-corrected chi connectivity index (χ2v) is 3.08. The van der Waals surface area contributed by atoms with Gasteiger partial charge in [-0.25, -0.2) is 0 Å². The lowest BCUT2D eigenvalue weighted by atomic mass is 9.97. The number of anilines is 1. The minimum Gasteiger partial charge on any atom is -0.383 e. The molecule has 2 N–H and O–H groups in total. The standard InChI is InChI=1S/C10H9NO2/c1-6-3-2-4-8-7(6)5-9(12)10(13)11-8/h1-4,9,12H,5H2,(H,11,13). The van der Waals surface area contributed by atoms with Crippen molar-refractivity contribution < 1.29 is 9.90 Å². The third kappa shape index (κ3) is 1.31. The molecule has 3 nitrogen and oxygen atoms in total. The molecule has 1 heterocycles. The fourth-order valence-electron chi connectivity index (χ4n) is 1.45. The van der Waals surface area contributed by atoms with Crippen LogP contribution in [-0.2, 0) is 11.2 Å². The number of aliphatic hydroxyl groups is 1. The number of aliphatic hydroxyl groups excluding tert-OH is 1. The molecule has 0 fully saturated rings. The zero-order valence-electron chi connectivity index (χ0n) is 6.95. The van der Waals surface area contributed by atoms with E-state index in [0.717, 1.165) is 5.56 Å². The Bertz CT molecular complexity index is 360. The first-order valence-corrected chi connectivity index (χ1v) is 4.05. The summed E-state index contributed by atoms with van der Waals surface area (Å²) < 4.78 is 0. The average Bonchev–Trinajstić information content (AvgIpc) is 2.09. The molecule has 3 heteroatoms. The van der Waals surface area contributed by atoms with Gasteiger partial charge < -0.3 is 10.4 Å². The topological polar surface area (TPSA) is 49.3 Å². The highest BCUT2D eigenvalue weighted by Gasteiger charge is 2.24. The molecule has 0 saturated carbocycles. The summed E-state index contributed by atoms with van der Waals surface area (Å²) in [6, 6.07) is 5.30. The van der Waals surface area contributed by atoms with Crippen molar-refractivity contribution in [2.45, 2.75) is 12.5 Å². The molecular formula is C10H9NO2. The highest BCUT2D eigenvalue weighted by atomic mass is 16.3. The lowest BCUT2D eigenvalue weighted by molar-refractivity contribution is -0.124. The summed E-state index contributed by atoms with van der Waals surface area (Å²) >= 11 is 0. The third-order valence-electron chi connectivity index (χ3n) is 2.17. The molecule has 0 aromatic heterocycles. The summed E-state index contributed by atoms with van der Waals surface area (Å²) in [7, 11) is 0. The van der Waals surface area contributed by atoms with E-state index in [1.54, 1.807) is 18.2 Å². The van der Waals surface area contributed by atoms with E-state index < -0.39 is 6.10 Å². The van der Waals surface area contributed by atoms with Gasteiger partial charge in [-0.3, -0.25) is 4.79 Å². The van der Waals surface area contributed by atoms with Crippen molar-refractivity contribution in [3.63, 3.8) is 0 Å². The predicted molar refractivity (Wildman–Crippen MR) is 48.2 cm³/mol. The Morgan fingerprint density at radius 2 is 2.31 bits per heavy atom. The van der Waals surface area contributed by atoms with E-state index in [9.17, 15) is 9.90 Å². The number of rotatable bonds is 0. The Kier molecular flexibility index (Phi) is 1.81. The Hall–Kier alpha value is -1.35. The van der Waals surface area contributed by atoms with Crippen LogP contribution in [0.25, 0.3) is 0 Å². The summed E-state index contributed by atoms with van der Waals surface area (Å²) in [5.74, 6) is -0.363. The number of benzene rings is 1. The summed E-state index contributed by atoms with van der Waals surface area (Å²) in [6.07, 6.45) is -0.675. The molecule has 66 valence electrons. The molecule has 1 aliphatic rings. The molecule has 0 spiro atoms. The van der Waals surface area contributed by atoms with Gasteiger partial charge in [0.05, 0.1) is 0 Å². The molecule has 2 rings (SSSR count). The maximum atomic E-state index is 11.1. The number of hydrogen-bond acceptors (Lipinski definition) is 2. The Morgan fingerprint density at radius 1 is 1.54 bits per heavy atom. The zero-order chi connectivity index (χ0) is 9.42. The van der Waals surface area contributed by atoms with Gasteiger partial charge in [0.15, 0.2) is 0 Å². The average molecular weight is 175 g/mol. The smallest absolute Gasteiger partial charge is 0.253 e. The maximum absolute atomic E-state index is 11.1. The minimum absolute atomic E-state index is 0.299. The van der Waals surface area contributed by atoms with Crippen LogP contribution < -0.4 is 5.32 Å². The predicted octanol–water partition coefficient (Wildman–Crippen LogP) is 0.601. The molecule has 1 amide bonds. The first kappa shape index (κ1) is 8.26. The fourth-order valence-corrected chi connectivity index (χ4v) is 1.45. The van der Waals surface area contributed by atoms with Crippen LogP contribution in [0.1, 0.15) is 11.1 Å². The molecule has 1 atom stereocenters. The van der Waals surface area contributed by atoms with Gasteiger partial charge in [0.2, 0.25) is 0 Å². The number of amides is 1. The SMILES string of the molecule is [CH]c1cccc2c1CC(O)C(=O)N2. The largest absolute Gasteiger partial charge is 0.383 e. The van der Waals surface area contributed by atoms with Gasteiger partial charge in [-0.2, -0.15) is 0 Å². The first-order chi connectivity index (χ1) is 6.18. The first-order valence-electron chi connectivity index (χ1n) is 4.05. The second kappa shape index (κ2) is 2.85. The third-order valence-corrected chi connectivity index (χ3v) is 2.17. The quantitative estimate of drug-likeness (QED) is 0.606. The van der Waals surface area contributed by atoms with E-state index in [1.807, 2.05) is 0 Å². The molecule has 1 aromatic carbocycles.